The highest BCUT2D eigenvalue weighted by Crippen LogP contribution is 2.77. The quantitative estimate of drug-likeness (QED) is 0.0968. The zero-order valence-electron chi connectivity index (χ0n) is 39.1. The SMILES string of the molecule is CCC(C)CS1(CC(C)CC)c2cc(-c3ccc(-c4ccc(-c5ccc(CC(C)C)s5)s4)c4nsnc34)sc2-c2sc(-c3ccc(-c4ccc(-c5ccc(CC(C)C)s5)s4)c4nsnc34)cc21. The van der Waals surface area contributed by atoms with Crippen LogP contribution in [0.5, 0.6) is 0 Å². The van der Waals surface area contributed by atoms with Crippen molar-refractivity contribution in [2.24, 2.45) is 23.7 Å². The summed E-state index contributed by atoms with van der Waals surface area (Å²) in [6.45, 7) is 18.9. The molecule has 0 radical (unpaired) electrons. The van der Waals surface area contributed by atoms with Crippen molar-refractivity contribution in [3.63, 3.8) is 0 Å². The van der Waals surface area contributed by atoms with E-state index in [9.17, 15) is 0 Å². The lowest BCUT2D eigenvalue weighted by atomic mass is 10.1. The smallest absolute Gasteiger partial charge is 0.114 e. The molecule has 4 nitrogen and oxygen atoms in total. The third-order valence-electron chi connectivity index (χ3n) is 13.1. The fourth-order valence-corrected chi connectivity index (χ4v) is 24.2. The van der Waals surface area contributed by atoms with E-state index in [1.165, 1.54) is 129 Å². The van der Waals surface area contributed by atoms with Gasteiger partial charge in [-0.05, 0) is 109 Å². The van der Waals surface area contributed by atoms with Crippen LogP contribution in [0.15, 0.2) is 94.7 Å². The molecule has 13 heteroatoms. The Morgan fingerprint density at radius 3 is 1.12 bits per heavy atom. The summed E-state index contributed by atoms with van der Waals surface area (Å²) in [6.07, 6.45) is 4.62. The molecular weight excluding hydrogens is 993 g/mol. The van der Waals surface area contributed by atoms with Gasteiger partial charge in [-0.1, -0.05) is 92.5 Å². The van der Waals surface area contributed by atoms with Crippen molar-refractivity contribution in [2.75, 3.05) is 11.5 Å². The summed E-state index contributed by atoms with van der Waals surface area (Å²) >= 11 is 14.2. The molecule has 0 saturated carbocycles. The summed E-state index contributed by atoms with van der Waals surface area (Å²) in [6, 6.07) is 32.8. The van der Waals surface area contributed by atoms with Gasteiger partial charge in [-0.25, -0.2) is 0 Å². The Morgan fingerprint density at radius 1 is 0.403 bits per heavy atom. The Hall–Kier alpha value is -3.37. The van der Waals surface area contributed by atoms with E-state index in [2.05, 4.69) is 140 Å². The molecule has 0 bridgehead atoms. The maximum absolute atomic E-state index is 5.03. The fourth-order valence-electron chi connectivity index (χ4n) is 9.47. The predicted octanol–water partition coefficient (Wildman–Crippen LogP) is 19.8. The molecule has 1 aliphatic heterocycles. The van der Waals surface area contributed by atoms with Crippen molar-refractivity contribution in [1.29, 1.82) is 0 Å². The first kappa shape index (κ1) is 46.0. The van der Waals surface area contributed by atoms with E-state index in [4.69, 9.17) is 17.5 Å². The minimum atomic E-state index is -1.36. The van der Waals surface area contributed by atoms with E-state index in [-0.39, 0.29) is 0 Å². The molecule has 1 aliphatic rings. The van der Waals surface area contributed by atoms with Crippen LogP contribution in [0.3, 0.4) is 0 Å². The van der Waals surface area contributed by atoms with Crippen molar-refractivity contribution < 1.29 is 0 Å². The number of rotatable bonds is 16. The topological polar surface area (TPSA) is 51.6 Å². The van der Waals surface area contributed by atoms with E-state index >= 15 is 0 Å². The largest absolute Gasteiger partial charge is 0.184 e. The highest BCUT2D eigenvalue weighted by molar-refractivity contribution is 8.34. The molecule has 0 spiro atoms. The summed E-state index contributed by atoms with van der Waals surface area (Å²) in [5, 5.41) is 0. The zero-order valence-corrected chi connectivity index (χ0v) is 46.4. The van der Waals surface area contributed by atoms with Crippen LogP contribution in [0, 0.1) is 23.7 Å². The predicted molar refractivity (Wildman–Crippen MR) is 304 cm³/mol. The molecule has 0 fully saturated rings. The van der Waals surface area contributed by atoms with Crippen LogP contribution in [0.1, 0.15) is 78.0 Å². The lowest BCUT2D eigenvalue weighted by Gasteiger charge is -2.41. The third-order valence-corrected chi connectivity index (χ3v) is 26.4. The molecule has 2 atom stereocenters. The number of thiophene rings is 6. The zero-order chi connectivity index (χ0) is 46.1. The molecule has 344 valence electrons. The van der Waals surface area contributed by atoms with Crippen LogP contribution in [0.25, 0.3) is 93.1 Å². The Balaban J connectivity index is 0.976. The lowest BCUT2D eigenvalue weighted by Crippen LogP contribution is -2.18. The van der Waals surface area contributed by atoms with Gasteiger partial charge in [0.25, 0.3) is 0 Å². The monoisotopic (exact) mass is 1050 g/mol. The number of fused-ring (bicyclic) bond motifs is 5. The third kappa shape index (κ3) is 8.49. The Kier molecular flexibility index (Phi) is 12.9. The van der Waals surface area contributed by atoms with E-state index in [1.54, 1.807) is 9.79 Å². The van der Waals surface area contributed by atoms with E-state index < -0.39 is 10.0 Å². The van der Waals surface area contributed by atoms with Gasteiger partial charge in [-0.2, -0.15) is 27.5 Å². The van der Waals surface area contributed by atoms with Gasteiger partial charge in [0, 0.05) is 80.8 Å². The number of nitrogens with zero attached hydrogens (tertiary/aromatic N) is 4. The van der Waals surface area contributed by atoms with Crippen molar-refractivity contribution in [3.8, 4) is 71.0 Å². The molecule has 8 aromatic heterocycles. The Morgan fingerprint density at radius 2 is 0.746 bits per heavy atom. The molecule has 10 aromatic rings. The van der Waals surface area contributed by atoms with Crippen LogP contribution in [0.4, 0.5) is 0 Å². The maximum Gasteiger partial charge on any atom is 0.114 e. The standard InChI is InChI=1S/C54H54N4S9/c1-9-31(7)27-67(28-32(8)10-2)47-25-45(37-15-13-35(49-51(37)57-65-55-49)39-19-21-43(61-39)41-17-11-33(59-41)23-29(3)4)63-53(47)54-48(67)26-46(64-54)38-16-14-36(50-52(38)58-66-56-50)40-20-22-44(62-40)42-18-12-34(60-42)24-30(5)6/h11-22,25-26,29-32H,9-10,23-24,27-28H2,1-8H3. The Bertz CT molecular complexity index is 3150. The van der Waals surface area contributed by atoms with Crippen LogP contribution >= 0.6 is 102 Å². The molecule has 2 unspecified atom stereocenters. The average Bonchev–Trinajstić information content (AvgIpc) is 4.16. The summed E-state index contributed by atoms with van der Waals surface area (Å²) in [4.78, 5) is 19.5. The second-order valence-electron chi connectivity index (χ2n) is 19.2. The van der Waals surface area contributed by atoms with Crippen LogP contribution < -0.4 is 0 Å². The van der Waals surface area contributed by atoms with E-state index in [1.807, 2.05) is 68.0 Å². The van der Waals surface area contributed by atoms with E-state index in [0.29, 0.717) is 23.7 Å². The van der Waals surface area contributed by atoms with Gasteiger partial charge in [0.2, 0.25) is 0 Å². The molecule has 67 heavy (non-hydrogen) atoms. The fraction of sp³-hybridized carbons (Fsp3) is 0.333. The molecule has 9 heterocycles. The first-order valence-electron chi connectivity index (χ1n) is 23.5. The summed E-state index contributed by atoms with van der Waals surface area (Å²) in [5.74, 6) is 4.98. The second-order valence-corrected chi connectivity index (χ2v) is 30.1. The van der Waals surface area contributed by atoms with Gasteiger partial charge in [0.1, 0.15) is 22.1 Å². The molecule has 0 amide bonds. The van der Waals surface area contributed by atoms with Crippen LogP contribution in [-0.4, -0.2) is 29.0 Å². The molecule has 2 aromatic carbocycles. The minimum absolute atomic E-state index is 0.616. The number of benzene rings is 2. The van der Waals surface area contributed by atoms with Gasteiger partial charge in [0.15, 0.2) is 0 Å². The van der Waals surface area contributed by atoms with Crippen LogP contribution in [-0.2, 0) is 12.8 Å². The molecule has 0 aliphatic carbocycles. The van der Waals surface area contributed by atoms with Crippen molar-refractivity contribution in [3.05, 3.63) is 94.7 Å². The number of hydrogen-bond donors (Lipinski definition) is 0. The van der Waals surface area contributed by atoms with Gasteiger partial charge >= 0.3 is 0 Å². The summed E-state index contributed by atoms with van der Waals surface area (Å²) in [5.41, 5.74) is 8.83. The lowest BCUT2D eigenvalue weighted by molar-refractivity contribution is 0.613. The minimum Gasteiger partial charge on any atom is -0.184 e. The number of hydrogen-bond acceptors (Lipinski definition) is 12. The van der Waals surface area contributed by atoms with Crippen molar-refractivity contribution >= 4 is 124 Å². The first-order valence-corrected chi connectivity index (χ1v) is 31.8. The van der Waals surface area contributed by atoms with Gasteiger partial charge < -0.3 is 0 Å². The molecule has 11 rings (SSSR count). The summed E-state index contributed by atoms with van der Waals surface area (Å²) in [7, 11) is -1.36. The highest BCUT2D eigenvalue weighted by atomic mass is 32.3. The number of aromatic nitrogens is 4. The Labute approximate surface area is 428 Å². The summed E-state index contributed by atoms with van der Waals surface area (Å²) < 4.78 is 20.0. The van der Waals surface area contributed by atoms with Crippen molar-refractivity contribution in [1.82, 2.24) is 17.5 Å². The molecular formula is C54H54N4S9. The average molecular weight is 1050 g/mol. The first-order chi connectivity index (χ1) is 32.5. The van der Waals surface area contributed by atoms with Gasteiger partial charge in [-0.15, -0.1) is 68.0 Å². The molecule has 0 N–H and O–H groups in total. The van der Waals surface area contributed by atoms with E-state index in [0.717, 1.165) is 34.9 Å². The molecule has 0 saturated heterocycles. The highest BCUT2D eigenvalue weighted by Gasteiger charge is 2.44. The second kappa shape index (κ2) is 18.8. The van der Waals surface area contributed by atoms with Gasteiger partial charge in [0.05, 0.1) is 33.2 Å². The van der Waals surface area contributed by atoms with Crippen molar-refractivity contribution in [2.45, 2.75) is 90.9 Å². The van der Waals surface area contributed by atoms with Gasteiger partial charge in [-0.3, -0.25) is 0 Å². The van der Waals surface area contributed by atoms with Crippen LogP contribution in [0.2, 0.25) is 0 Å². The normalized spacial score (nSPS) is 14.8. The maximum atomic E-state index is 5.03.